The van der Waals surface area contributed by atoms with Crippen LogP contribution in [0.1, 0.15) is 5.69 Å². The molecule has 0 saturated carbocycles. The van der Waals surface area contributed by atoms with E-state index in [1.807, 2.05) is 19.1 Å². The molecular weight excluding hydrogens is 249 g/mol. The van der Waals surface area contributed by atoms with Crippen LogP contribution in [-0.4, -0.2) is 10.1 Å². The van der Waals surface area contributed by atoms with E-state index >= 15 is 0 Å². The molecule has 0 radical (unpaired) electrons. The van der Waals surface area contributed by atoms with Crippen LogP contribution in [0, 0.1) is 6.92 Å². The maximum atomic E-state index is 9.66. The van der Waals surface area contributed by atoms with Gasteiger partial charge in [-0.2, -0.15) is 0 Å². The number of hydrogen-bond acceptors (Lipinski definition) is 4. The Kier molecular flexibility index (Phi) is 4.65. The van der Waals surface area contributed by atoms with Crippen molar-refractivity contribution in [3.8, 4) is 5.75 Å². The van der Waals surface area contributed by atoms with Crippen molar-refractivity contribution < 1.29 is 5.11 Å². The van der Waals surface area contributed by atoms with Gasteiger partial charge in [-0.25, -0.2) is 4.98 Å². The van der Waals surface area contributed by atoms with Crippen molar-refractivity contribution in [3.63, 3.8) is 0 Å². The minimum absolute atomic E-state index is 0. The van der Waals surface area contributed by atoms with Crippen LogP contribution in [0.15, 0.2) is 18.2 Å². The summed E-state index contributed by atoms with van der Waals surface area (Å²) in [7, 11) is 0. The number of nitrogen functional groups attached to an aromatic ring is 2. The van der Waals surface area contributed by atoms with E-state index in [0.717, 1.165) is 11.1 Å². The van der Waals surface area contributed by atoms with E-state index < -0.39 is 0 Å². The number of rotatable bonds is 0. The Labute approximate surface area is 105 Å². The zero-order chi connectivity index (χ0) is 10.3. The standard InChI is InChI=1S/C10H11N3O.2ClH/c1-5-2-3-6-7(11)4-8(12)10(14)9(6)13-5;;/h2-4,14H,11-12H2,1H3;2*1H. The Morgan fingerprint density at radius 3 is 2.38 bits per heavy atom. The number of phenolic OH excluding ortho intramolecular Hbond substituents is 1. The third-order valence-electron chi connectivity index (χ3n) is 2.15. The maximum Gasteiger partial charge on any atom is 0.165 e. The molecule has 0 spiro atoms. The van der Waals surface area contributed by atoms with Crippen LogP contribution in [0.2, 0.25) is 0 Å². The van der Waals surface area contributed by atoms with Crippen molar-refractivity contribution in [2.45, 2.75) is 6.92 Å². The number of aromatic hydroxyl groups is 1. The summed E-state index contributed by atoms with van der Waals surface area (Å²) in [4.78, 5) is 4.19. The van der Waals surface area contributed by atoms with E-state index in [0.29, 0.717) is 11.2 Å². The molecule has 0 aliphatic carbocycles. The van der Waals surface area contributed by atoms with Gasteiger partial charge in [0.1, 0.15) is 5.52 Å². The number of fused-ring (bicyclic) bond motifs is 1. The Balaban J connectivity index is 0.00000112. The third-order valence-corrected chi connectivity index (χ3v) is 2.15. The third kappa shape index (κ3) is 2.23. The molecule has 0 fully saturated rings. The number of nitrogens with two attached hydrogens (primary N) is 2. The number of benzene rings is 1. The van der Waals surface area contributed by atoms with E-state index in [4.69, 9.17) is 11.5 Å². The summed E-state index contributed by atoms with van der Waals surface area (Å²) in [5, 5.41) is 10.4. The van der Waals surface area contributed by atoms with Crippen LogP contribution in [0.3, 0.4) is 0 Å². The molecule has 1 aromatic heterocycles. The van der Waals surface area contributed by atoms with Gasteiger partial charge in [-0.05, 0) is 25.1 Å². The van der Waals surface area contributed by atoms with Gasteiger partial charge in [-0.3, -0.25) is 0 Å². The lowest BCUT2D eigenvalue weighted by atomic mass is 10.1. The summed E-state index contributed by atoms with van der Waals surface area (Å²) in [6.07, 6.45) is 0. The number of pyridine rings is 1. The Morgan fingerprint density at radius 2 is 1.75 bits per heavy atom. The molecule has 1 heterocycles. The summed E-state index contributed by atoms with van der Waals surface area (Å²) in [5.41, 5.74) is 13.4. The first-order chi connectivity index (χ1) is 6.59. The van der Waals surface area contributed by atoms with Crippen molar-refractivity contribution in [1.82, 2.24) is 4.98 Å². The predicted octanol–water partition coefficient (Wildman–Crippen LogP) is 2.26. The highest BCUT2D eigenvalue weighted by Gasteiger charge is 2.08. The van der Waals surface area contributed by atoms with Gasteiger partial charge >= 0.3 is 0 Å². The van der Waals surface area contributed by atoms with Crippen molar-refractivity contribution in [2.24, 2.45) is 0 Å². The molecule has 0 aliphatic heterocycles. The zero-order valence-electron chi connectivity index (χ0n) is 8.60. The second-order valence-electron chi connectivity index (χ2n) is 3.25. The quantitative estimate of drug-likeness (QED) is 0.386. The Bertz CT molecular complexity index is 517. The molecule has 16 heavy (non-hydrogen) atoms. The predicted molar refractivity (Wildman–Crippen MR) is 71.5 cm³/mol. The molecule has 0 bridgehead atoms. The van der Waals surface area contributed by atoms with Gasteiger partial charge in [0.15, 0.2) is 5.75 Å². The van der Waals surface area contributed by atoms with Gasteiger partial charge in [-0.15, -0.1) is 24.8 Å². The summed E-state index contributed by atoms with van der Waals surface area (Å²) in [6, 6.07) is 5.20. The average molecular weight is 262 g/mol. The Morgan fingerprint density at radius 1 is 1.12 bits per heavy atom. The van der Waals surface area contributed by atoms with E-state index in [1.165, 1.54) is 6.07 Å². The van der Waals surface area contributed by atoms with Crippen LogP contribution >= 0.6 is 24.8 Å². The summed E-state index contributed by atoms with van der Waals surface area (Å²) < 4.78 is 0. The number of anilines is 2. The summed E-state index contributed by atoms with van der Waals surface area (Å²) in [5.74, 6) is -0.00194. The molecule has 2 aromatic rings. The van der Waals surface area contributed by atoms with Gasteiger partial charge in [0.05, 0.1) is 5.69 Å². The van der Waals surface area contributed by atoms with Crippen molar-refractivity contribution in [1.29, 1.82) is 0 Å². The molecule has 4 nitrogen and oxygen atoms in total. The maximum absolute atomic E-state index is 9.66. The highest BCUT2D eigenvalue weighted by Crippen LogP contribution is 2.33. The second-order valence-corrected chi connectivity index (χ2v) is 3.25. The number of nitrogens with zero attached hydrogens (tertiary/aromatic N) is 1. The van der Waals surface area contributed by atoms with E-state index in [9.17, 15) is 5.11 Å². The SMILES string of the molecule is Cc1ccc2c(N)cc(N)c(O)c2n1.Cl.Cl. The normalized spacial score (nSPS) is 9.31. The molecule has 1 aromatic carbocycles. The lowest BCUT2D eigenvalue weighted by Gasteiger charge is -2.07. The van der Waals surface area contributed by atoms with E-state index in [-0.39, 0.29) is 36.3 Å². The van der Waals surface area contributed by atoms with Gasteiger partial charge < -0.3 is 16.6 Å². The van der Waals surface area contributed by atoms with E-state index in [2.05, 4.69) is 4.98 Å². The summed E-state index contributed by atoms with van der Waals surface area (Å²) in [6.45, 7) is 1.85. The fourth-order valence-electron chi connectivity index (χ4n) is 1.42. The monoisotopic (exact) mass is 261 g/mol. The largest absolute Gasteiger partial charge is 0.504 e. The van der Waals surface area contributed by atoms with Gasteiger partial charge in [0.25, 0.3) is 0 Å². The average Bonchev–Trinajstić information content (AvgIpc) is 2.14. The first kappa shape index (κ1) is 14.6. The highest BCUT2D eigenvalue weighted by molar-refractivity contribution is 5.98. The van der Waals surface area contributed by atoms with Crippen molar-refractivity contribution in [2.75, 3.05) is 11.5 Å². The van der Waals surface area contributed by atoms with Crippen LogP contribution in [0.25, 0.3) is 10.9 Å². The van der Waals surface area contributed by atoms with Crippen molar-refractivity contribution >= 4 is 47.1 Å². The molecule has 0 unspecified atom stereocenters. The van der Waals surface area contributed by atoms with Crippen LogP contribution < -0.4 is 11.5 Å². The fraction of sp³-hybridized carbons (Fsp3) is 0.100. The molecule has 0 saturated heterocycles. The highest BCUT2D eigenvalue weighted by atomic mass is 35.5. The molecule has 6 heteroatoms. The number of halogens is 2. The molecule has 0 amide bonds. The van der Waals surface area contributed by atoms with E-state index in [1.54, 1.807) is 0 Å². The lowest BCUT2D eigenvalue weighted by molar-refractivity contribution is 0.483. The van der Waals surface area contributed by atoms with Crippen LogP contribution in [0.4, 0.5) is 11.4 Å². The van der Waals surface area contributed by atoms with Gasteiger partial charge in [0.2, 0.25) is 0 Å². The van der Waals surface area contributed by atoms with Crippen molar-refractivity contribution in [3.05, 3.63) is 23.9 Å². The van der Waals surface area contributed by atoms with Gasteiger partial charge in [0, 0.05) is 16.8 Å². The first-order valence-electron chi connectivity index (χ1n) is 4.24. The molecule has 5 N–H and O–H groups in total. The fourth-order valence-corrected chi connectivity index (χ4v) is 1.42. The molecule has 2 rings (SSSR count). The number of aryl methyl sites for hydroxylation is 1. The Hall–Kier alpha value is -1.39. The van der Waals surface area contributed by atoms with Crippen LogP contribution in [-0.2, 0) is 0 Å². The number of hydrogen-bond donors (Lipinski definition) is 3. The van der Waals surface area contributed by atoms with Crippen LogP contribution in [0.5, 0.6) is 5.75 Å². The zero-order valence-corrected chi connectivity index (χ0v) is 10.2. The molecule has 88 valence electrons. The molecule has 0 aliphatic rings. The second kappa shape index (κ2) is 5.09. The minimum Gasteiger partial charge on any atom is -0.504 e. The first-order valence-corrected chi connectivity index (χ1v) is 4.24. The lowest BCUT2D eigenvalue weighted by Crippen LogP contribution is -1.95. The summed E-state index contributed by atoms with van der Waals surface area (Å²) >= 11 is 0. The topological polar surface area (TPSA) is 85.2 Å². The number of aromatic nitrogens is 1. The smallest absolute Gasteiger partial charge is 0.165 e. The number of phenols is 1. The minimum atomic E-state index is -0.00194. The molecular formula is C10H13Cl2N3O. The van der Waals surface area contributed by atoms with Gasteiger partial charge in [-0.1, -0.05) is 0 Å². The molecule has 0 atom stereocenters.